The number of methoxy groups -OCH3 is 1. The normalized spacial score (nSPS) is 25.2. The van der Waals surface area contributed by atoms with Crippen LogP contribution in [-0.2, 0) is 4.74 Å². The third-order valence-corrected chi connectivity index (χ3v) is 4.67. The summed E-state index contributed by atoms with van der Waals surface area (Å²) in [4.78, 5) is 0. The lowest BCUT2D eigenvalue weighted by atomic mass is 9.64. The van der Waals surface area contributed by atoms with Crippen molar-refractivity contribution in [1.29, 1.82) is 0 Å². The van der Waals surface area contributed by atoms with Gasteiger partial charge < -0.3 is 14.8 Å². The van der Waals surface area contributed by atoms with Crippen molar-refractivity contribution in [3.05, 3.63) is 29.6 Å². The Bertz CT molecular complexity index is 490. The predicted molar refractivity (Wildman–Crippen MR) is 82.1 cm³/mol. The lowest BCUT2D eigenvalue weighted by molar-refractivity contribution is -0.116. The largest absolute Gasteiger partial charge is 0.494 e. The highest BCUT2D eigenvalue weighted by Gasteiger charge is 2.49. The number of hydrogen-bond donors (Lipinski definition) is 1. The second-order valence-corrected chi connectivity index (χ2v) is 6.34. The molecule has 2 rings (SSSR count). The van der Waals surface area contributed by atoms with E-state index >= 15 is 0 Å². The molecular weight excluding hydrogens is 269 g/mol. The maximum absolute atomic E-state index is 13.5. The van der Waals surface area contributed by atoms with Crippen molar-refractivity contribution in [3.8, 4) is 5.75 Å². The smallest absolute Gasteiger partial charge is 0.165 e. The van der Waals surface area contributed by atoms with Crippen LogP contribution in [0.5, 0.6) is 5.75 Å². The number of halogens is 1. The fraction of sp³-hybridized carbons (Fsp3) is 0.647. The average molecular weight is 295 g/mol. The van der Waals surface area contributed by atoms with Crippen molar-refractivity contribution in [2.24, 2.45) is 5.41 Å². The minimum absolute atomic E-state index is 0.119. The Balaban J connectivity index is 2.01. The molecule has 1 aliphatic rings. The van der Waals surface area contributed by atoms with Crippen LogP contribution in [0.2, 0.25) is 0 Å². The van der Waals surface area contributed by atoms with E-state index in [-0.39, 0.29) is 17.3 Å². The van der Waals surface area contributed by atoms with Gasteiger partial charge in [-0.3, -0.25) is 0 Å². The zero-order chi connectivity index (χ0) is 15.6. The number of ether oxygens (including phenoxy) is 2. The molecule has 0 heterocycles. The molecular formula is C17H26FNO2. The molecule has 0 aromatic heterocycles. The van der Waals surface area contributed by atoms with Crippen LogP contribution < -0.4 is 10.1 Å². The first-order valence-corrected chi connectivity index (χ1v) is 7.61. The van der Waals surface area contributed by atoms with E-state index in [0.29, 0.717) is 17.9 Å². The van der Waals surface area contributed by atoms with Crippen LogP contribution in [0.1, 0.15) is 45.7 Å². The van der Waals surface area contributed by atoms with Crippen LogP contribution in [0, 0.1) is 11.2 Å². The zero-order valence-electron chi connectivity index (χ0n) is 13.6. The molecule has 0 aliphatic heterocycles. The maximum Gasteiger partial charge on any atom is 0.165 e. The monoisotopic (exact) mass is 295 g/mol. The summed E-state index contributed by atoms with van der Waals surface area (Å²) in [6.45, 7) is 9.34. The van der Waals surface area contributed by atoms with Gasteiger partial charge in [0.2, 0.25) is 0 Å². The quantitative estimate of drug-likeness (QED) is 0.868. The highest BCUT2D eigenvalue weighted by Crippen LogP contribution is 2.43. The molecule has 118 valence electrons. The molecule has 1 aromatic rings. The second-order valence-electron chi connectivity index (χ2n) is 6.34. The minimum Gasteiger partial charge on any atom is -0.494 e. The van der Waals surface area contributed by atoms with Crippen LogP contribution in [0.3, 0.4) is 0 Å². The van der Waals surface area contributed by atoms with Gasteiger partial charge in [-0.1, -0.05) is 19.9 Å². The molecule has 1 fully saturated rings. The van der Waals surface area contributed by atoms with Crippen LogP contribution in [-0.4, -0.2) is 25.9 Å². The van der Waals surface area contributed by atoms with Gasteiger partial charge in [0, 0.05) is 24.1 Å². The molecule has 21 heavy (non-hydrogen) atoms. The fourth-order valence-corrected chi connectivity index (χ4v) is 3.00. The van der Waals surface area contributed by atoms with Gasteiger partial charge in [0.15, 0.2) is 11.6 Å². The summed E-state index contributed by atoms with van der Waals surface area (Å²) < 4.78 is 24.3. The molecule has 3 atom stereocenters. The lowest BCUT2D eigenvalue weighted by Gasteiger charge is -2.52. The van der Waals surface area contributed by atoms with Crippen LogP contribution in [0.4, 0.5) is 4.39 Å². The molecule has 1 aromatic carbocycles. The number of hydrogen-bond acceptors (Lipinski definition) is 3. The van der Waals surface area contributed by atoms with E-state index in [4.69, 9.17) is 9.47 Å². The predicted octanol–water partition coefficient (Wildman–Crippen LogP) is 3.69. The zero-order valence-corrected chi connectivity index (χ0v) is 13.6. The average Bonchev–Trinajstić information content (AvgIpc) is 2.46. The fourth-order valence-electron chi connectivity index (χ4n) is 3.00. The third kappa shape index (κ3) is 3.22. The van der Waals surface area contributed by atoms with Gasteiger partial charge in [-0.15, -0.1) is 0 Å². The van der Waals surface area contributed by atoms with Crippen LogP contribution in [0.25, 0.3) is 0 Å². The summed E-state index contributed by atoms with van der Waals surface area (Å²) in [5, 5.41) is 3.62. The third-order valence-electron chi connectivity index (χ3n) is 4.67. The van der Waals surface area contributed by atoms with Gasteiger partial charge in [0.1, 0.15) is 0 Å². The van der Waals surface area contributed by atoms with Gasteiger partial charge in [0.05, 0.1) is 13.2 Å². The number of rotatable bonds is 6. The second kappa shape index (κ2) is 6.32. The van der Waals surface area contributed by atoms with Crippen molar-refractivity contribution in [1.82, 2.24) is 5.32 Å². The van der Waals surface area contributed by atoms with Crippen LogP contribution >= 0.6 is 0 Å². The summed E-state index contributed by atoms with van der Waals surface area (Å²) in [6, 6.07) is 5.58. The van der Waals surface area contributed by atoms with Gasteiger partial charge >= 0.3 is 0 Å². The van der Waals surface area contributed by atoms with Crippen molar-refractivity contribution in [3.63, 3.8) is 0 Å². The summed E-state index contributed by atoms with van der Waals surface area (Å²) in [6.07, 6.45) is 1.33. The number of benzene rings is 1. The van der Waals surface area contributed by atoms with Gasteiger partial charge in [-0.2, -0.15) is 0 Å². The molecule has 4 heteroatoms. The van der Waals surface area contributed by atoms with Gasteiger partial charge in [0.25, 0.3) is 0 Å². The highest BCUT2D eigenvalue weighted by molar-refractivity contribution is 5.32. The van der Waals surface area contributed by atoms with Crippen molar-refractivity contribution in [2.45, 2.75) is 52.3 Å². The number of nitrogens with one attached hydrogen (secondary N) is 1. The SMILES string of the molecule is CCOC1CC(NC(C)c2ccc(F)c(OC)c2)C1(C)C. The summed E-state index contributed by atoms with van der Waals surface area (Å²) in [5.41, 5.74) is 1.15. The van der Waals surface area contributed by atoms with E-state index in [1.54, 1.807) is 12.1 Å². The highest BCUT2D eigenvalue weighted by atomic mass is 19.1. The molecule has 0 amide bonds. The summed E-state index contributed by atoms with van der Waals surface area (Å²) in [5.74, 6) is -0.0324. The molecule has 3 unspecified atom stereocenters. The van der Waals surface area contributed by atoms with E-state index in [0.717, 1.165) is 18.6 Å². The van der Waals surface area contributed by atoms with Crippen LogP contribution in [0.15, 0.2) is 18.2 Å². The van der Waals surface area contributed by atoms with Gasteiger partial charge in [-0.05, 0) is 38.0 Å². The Hall–Kier alpha value is -1.13. The molecule has 1 saturated carbocycles. The van der Waals surface area contributed by atoms with Crippen molar-refractivity contribution >= 4 is 0 Å². The van der Waals surface area contributed by atoms with E-state index in [2.05, 4.69) is 26.1 Å². The topological polar surface area (TPSA) is 30.5 Å². The standard InChI is InChI=1S/C17H26FNO2/c1-6-21-16-10-15(17(16,3)4)19-11(2)12-7-8-13(18)14(9-12)20-5/h7-9,11,15-16,19H,6,10H2,1-5H3. The molecule has 1 N–H and O–H groups in total. The lowest BCUT2D eigenvalue weighted by Crippen LogP contribution is -2.61. The van der Waals surface area contributed by atoms with Crippen molar-refractivity contribution < 1.29 is 13.9 Å². The van der Waals surface area contributed by atoms with E-state index < -0.39 is 0 Å². The Morgan fingerprint density at radius 3 is 2.71 bits per heavy atom. The molecule has 0 spiro atoms. The summed E-state index contributed by atoms with van der Waals surface area (Å²) in [7, 11) is 1.49. The Labute approximate surface area is 126 Å². The Morgan fingerprint density at radius 2 is 2.14 bits per heavy atom. The first-order valence-electron chi connectivity index (χ1n) is 7.61. The first-order chi connectivity index (χ1) is 9.90. The van der Waals surface area contributed by atoms with Crippen molar-refractivity contribution in [2.75, 3.05) is 13.7 Å². The Morgan fingerprint density at radius 1 is 1.43 bits per heavy atom. The molecule has 0 bridgehead atoms. The molecule has 0 saturated heterocycles. The minimum atomic E-state index is -0.325. The molecule has 1 aliphatic carbocycles. The van der Waals surface area contributed by atoms with E-state index in [1.165, 1.54) is 13.2 Å². The Kier molecular flexibility index (Phi) is 4.89. The van der Waals surface area contributed by atoms with E-state index in [1.807, 2.05) is 6.92 Å². The van der Waals surface area contributed by atoms with E-state index in [9.17, 15) is 4.39 Å². The van der Waals surface area contributed by atoms with Gasteiger partial charge in [-0.25, -0.2) is 4.39 Å². The maximum atomic E-state index is 13.5. The summed E-state index contributed by atoms with van der Waals surface area (Å²) >= 11 is 0. The first kappa shape index (κ1) is 16.2. The molecule has 0 radical (unpaired) electrons. The molecule has 3 nitrogen and oxygen atoms in total.